The van der Waals surface area contributed by atoms with Crippen LogP contribution in [0.5, 0.6) is 0 Å². The van der Waals surface area contributed by atoms with Gasteiger partial charge in [0.05, 0.1) is 5.75 Å². The van der Waals surface area contributed by atoms with Crippen LogP contribution < -0.4 is 5.32 Å². The first kappa shape index (κ1) is 12.3. The zero-order valence-electron chi connectivity index (χ0n) is 9.98. The maximum Gasteiger partial charge on any atom is 0.215 e. The van der Waals surface area contributed by atoms with E-state index in [0.717, 1.165) is 25.9 Å². The van der Waals surface area contributed by atoms with Crippen LogP contribution in [-0.2, 0) is 10.0 Å². The topological polar surface area (TPSA) is 49.4 Å². The number of nitrogens with one attached hydrogen (secondary N) is 1. The van der Waals surface area contributed by atoms with Crippen LogP contribution in [0.2, 0.25) is 0 Å². The third kappa shape index (κ3) is 3.18. The molecule has 4 nitrogen and oxygen atoms in total. The van der Waals surface area contributed by atoms with Crippen molar-refractivity contribution >= 4 is 10.0 Å². The molecule has 94 valence electrons. The summed E-state index contributed by atoms with van der Waals surface area (Å²) in [5.74, 6) is 0.916. The van der Waals surface area contributed by atoms with Crippen LogP contribution in [0.25, 0.3) is 0 Å². The molecule has 1 saturated heterocycles. The molecule has 0 spiro atoms. The van der Waals surface area contributed by atoms with Crippen molar-refractivity contribution in [3.05, 3.63) is 0 Å². The van der Waals surface area contributed by atoms with Crippen LogP contribution in [-0.4, -0.2) is 44.2 Å². The lowest BCUT2D eigenvalue weighted by molar-refractivity contribution is 0.408. The largest absolute Gasteiger partial charge is 0.313 e. The van der Waals surface area contributed by atoms with Gasteiger partial charge in [-0.1, -0.05) is 6.92 Å². The highest BCUT2D eigenvalue weighted by atomic mass is 32.2. The third-order valence-electron chi connectivity index (χ3n) is 3.48. The lowest BCUT2D eigenvalue weighted by Crippen LogP contribution is -2.40. The van der Waals surface area contributed by atoms with E-state index in [4.69, 9.17) is 0 Å². The molecule has 1 N–H and O–H groups in total. The van der Waals surface area contributed by atoms with E-state index in [9.17, 15) is 8.42 Å². The quantitative estimate of drug-likeness (QED) is 0.754. The van der Waals surface area contributed by atoms with Crippen LogP contribution in [0, 0.1) is 5.92 Å². The van der Waals surface area contributed by atoms with E-state index in [1.807, 2.05) is 6.92 Å². The molecule has 0 aromatic heterocycles. The molecule has 0 bridgehead atoms. The van der Waals surface area contributed by atoms with Crippen molar-refractivity contribution in [2.24, 2.45) is 5.92 Å². The third-order valence-corrected chi connectivity index (χ3v) is 5.50. The van der Waals surface area contributed by atoms with E-state index in [1.165, 1.54) is 12.8 Å². The van der Waals surface area contributed by atoms with Gasteiger partial charge in [0, 0.05) is 19.1 Å². The van der Waals surface area contributed by atoms with Crippen LogP contribution in [0.4, 0.5) is 0 Å². The van der Waals surface area contributed by atoms with Crippen molar-refractivity contribution in [1.82, 2.24) is 9.62 Å². The average molecular weight is 246 g/mol. The number of hydrogen-bond acceptors (Lipinski definition) is 3. The molecule has 0 aromatic rings. The summed E-state index contributed by atoms with van der Waals surface area (Å²) < 4.78 is 26.0. The summed E-state index contributed by atoms with van der Waals surface area (Å²) in [5.41, 5.74) is 0. The van der Waals surface area contributed by atoms with Gasteiger partial charge in [-0.3, -0.25) is 0 Å². The van der Waals surface area contributed by atoms with Crippen LogP contribution >= 0.6 is 0 Å². The van der Waals surface area contributed by atoms with Gasteiger partial charge in [0.2, 0.25) is 10.0 Å². The molecule has 1 aliphatic carbocycles. The molecule has 0 amide bonds. The van der Waals surface area contributed by atoms with Crippen molar-refractivity contribution in [3.63, 3.8) is 0 Å². The Labute approximate surface area is 98.4 Å². The SMILES string of the molecule is CCN(CC1CC1)S(=O)(=O)CC1CCCN1. The van der Waals surface area contributed by atoms with Crippen LogP contribution in [0.1, 0.15) is 32.6 Å². The van der Waals surface area contributed by atoms with Gasteiger partial charge in [0.15, 0.2) is 0 Å². The van der Waals surface area contributed by atoms with Crippen molar-refractivity contribution in [2.45, 2.75) is 38.6 Å². The molecule has 16 heavy (non-hydrogen) atoms. The Kier molecular flexibility index (Phi) is 3.87. The smallest absolute Gasteiger partial charge is 0.215 e. The van der Waals surface area contributed by atoms with Gasteiger partial charge >= 0.3 is 0 Å². The monoisotopic (exact) mass is 246 g/mol. The molecule has 2 rings (SSSR count). The van der Waals surface area contributed by atoms with E-state index in [1.54, 1.807) is 4.31 Å². The van der Waals surface area contributed by atoms with Gasteiger partial charge in [-0.15, -0.1) is 0 Å². The summed E-state index contributed by atoms with van der Waals surface area (Å²) in [6.45, 7) is 4.26. The molecule has 2 fully saturated rings. The highest BCUT2D eigenvalue weighted by molar-refractivity contribution is 7.89. The maximum atomic E-state index is 12.2. The minimum atomic E-state index is -3.04. The summed E-state index contributed by atoms with van der Waals surface area (Å²) in [5, 5.41) is 3.25. The summed E-state index contributed by atoms with van der Waals surface area (Å²) in [6.07, 6.45) is 4.51. The molecular formula is C11H22N2O2S. The summed E-state index contributed by atoms with van der Waals surface area (Å²) in [4.78, 5) is 0. The number of nitrogens with zero attached hydrogens (tertiary/aromatic N) is 1. The fraction of sp³-hybridized carbons (Fsp3) is 1.00. The first-order valence-electron chi connectivity index (χ1n) is 6.33. The van der Waals surface area contributed by atoms with Crippen molar-refractivity contribution < 1.29 is 8.42 Å². The van der Waals surface area contributed by atoms with Gasteiger partial charge in [0.1, 0.15) is 0 Å². The van der Waals surface area contributed by atoms with E-state index >= 15 is 0 Å². The lowest BCUT2D eigenvalue weighted by Gasteiger charge is -2.22. The highest BCUT2D eigenvalue weighted by Gasteiger charge is 2.31. The molecule has 0 radical (unpaired) electrons. The first-order chi connectivity index (χ1) is 7.62. The number of sulfonamides is 1. The minimum Gasteiger partial charge on any atom is -0.313 e. The summed E-state index contributed by atoms with van der Waals surface area (Å²) in [6, 6.07) is 0.179. The first-order valence-corrected chi connectivity index (χ1v) is 7.94. The number of rotatable bonds is 6. The average Bonchev–Trinajstić information content (AvgIpc) is 2.92. The van der Waals surface area contributed by atoms with Crippen LogP contribution in [0.3, 0.4) is 0 Å². The Morgan fingerprint density at radius 2 is 2.06 bits per heavy atom. The van der Waals surface area contributed by atoms with E-state index in [2.05, 4.69) is 5.32 Å². The van der Waals surface area contributed by atoms with Crippen molar-refractivity contribution in [3.8, 4) is 0 Å². The summed E-state index contributed by atoms with van der Waals surface area (Å²) >= 11 is 0. The van der Waals surface area contributed by atoms with Crippen LogP contribution in [0.15, 0.2) is 0 Å². The normalized spacial score (nSPS) is 26.5. The zero-order valence-corrected chi connectivity index (χ0v) is 10.8. The molecule has 1 saturated carbocycles. The Morgan fingerprint density at radius 1 is 1.31 bits per heavy atom. The second kappa shape index (κ2) is 5.02. The fourth-order valence-electron chi connectivity index (χ4n) is 2.29. The Morgan fingerprint density at radius 3 is 2.56 bits per heavy atom. The van der Waals surface area contributed by atoms with Gasteiger partial charge in [-0.05, 0) is 38.1 Å². The molecule has 1 aliphatic heterocycles. The molecule has 1 unspecified atom stereocenters. The second-order valence-corrected chi connectivity index (χ2v) is 6.98. The predicted molar refractivity (Wildman–Crippen MR) is 64.8 cm³/mol. The van der Waals surface area contributed by atoms with E-state index in [-0.39, 0.29) is 11.8 Å². The molecule has 1 atom stereocenters. The zero-order chi connectivity index (χ0) is 11.6. The predicted octanol–water partition coefficient (Wildman–Crippen LogP) is 0.800. The Balaban J connectivity index is 1.91. The standard InChI is InChI=1S/C11H22N2O2S/c1-2-13(8-10-5-6-10)16(14,15)9-11-4-3-7-12-11/h10-12H,2-9H2,1H3. The molecule has 0 aromatic carbocycles. The van der Waals surface area contributed by atoms with Gasteiger partial charge in [0.25, 0.3) is 0 Å². The van der Waals surface area contributed by atoms with Gasteiger partial charge in [-0.25, -0.2) is 12.7 Å². The van der Waals surface area contributed by atoms with Crippen molar-refractivity contribution in [1.29, 1.82) is 0 Å². The maximum absolute atomic E-state index is 12.2. The summed E-state index contributed by atoms with van der Waals surface area (Å²) in [7, 11) is -3.04. The highest BCUT2D eigenvalue weighted by Crippen LogP contribution is 2.30. The second-order valence-electron chi connectivity index (χ2n) is 4.97. The molecule has 1 heterocycles. The Hall–Kier alpha value is -0.130. The fourth-order valence-corrected chi connectivity index (χ4v) is 4.12. The van der Waals surface area contributed by atoms with E-state index < -0.39 is 10.0 Å². The Bertz CT molecular complexity index is 319. The molecular weight excluding hydrogens is 224 g/mol. The minimum absolute atomic E-state index is 0.179. The lowest BCUT2D eigenvalue weighted by atomic mass is 10.3. The van der Waals surface area contributed by atoms with Gasteiger partial charge in [-0.2, -0.15) is 0 Å². The van der Waals surface area contributed by atoms with E-state index in [0.29, 0.717) is 12.5 Å². The van der Waals surface area contributed by atoms with Gasteiger partial charge < -0.3 is 5.32 Å². The molecule has 2 aliphatic rings. The molecule has 5 heteroatoms. The van der Waals surface area contributed by atoms with Crippen molar-refractivity contribution in [2.75, 3.05) is 25.4 Å². The number of hydrogen-bond donors (Lipinski definition) is 1.